The summed E-state index contributed by atoms with van der Waals surface area (Å²) in [5.41, 5.74) is 3.79. The van der Waals surface area contributed by atoms with Crippen LogP contribution >= 0.6 is 0 Å². The van der Waals surface area contributed by atoms with Gasteiger partial charge in [-0.05, 0) is 37.6 Å². The predicted octanol–water partition coefficient (Wildman–Crippen LogP) is 3.76. The van der Waals surface area contributed by atoms with Gasteiger partial charge in [-0.2, -0.15) is 0 Å². The van der Waals surface area contributed by atoms with E-state index in [4.69, 9.17) is 0 Å². The van der Waals surface area contributed by atoms with Crippen LogP contribution in [-0.2, 0) is 0 Å². The Balaban J connectivity index is 2.75. The molecule has 1 atom stereocenters. The van der Waals surface area contributed by atoms with E-state index >= 15 is 0 Å². The van der Waals surface area contributed by atoms with Crippen LogP contribution in [0.4, 0.5) is 5.69 Å². The fourth-order valence-corrected chi connectivity index (χ4v) is 2.20. The monoisotopic (exact) mass is 246 g/mol. The van der Waals surface area contributed by atoms with Gasteiger partial charge in [-0.3, -0.25) is 0 Å². The Morgan fingerprint density at radius 2 is 1.89 bits per heavy atom. The van der Waals surface area contributed by atoms with Gasteiger partial charge >= 0.3 is 0 Å². The molecule has 100 valence electrons. The van der Waals surface area contributed by atoms with Crippen molar-refractivity contribution >= 4 is 5.69 Å². The second kappa shape index (κ2) is 7.22. The zero-order chi connectivity index (χ0) is 13.5. The number of rotatable bonds is 7. The van der Waals surface area contributed by atoms with Gasteiger partial charge in [0, 0.05) is 25.3 Å². The van der Waals surface area contributed by atoms with Gasteiger partial charge in [0.25, 0.3) is 0 Å². The highest BCUT2D eigenvalue weighted by atomic mass is 15.1. The molecule has 1 aromatic rings. The molecule has 0 fully saturated rings. The number of nitrogens with one attached hydrogen (secondary N) is 1. The molecule has 0 saturated carbocycles. The Morgan fingerprint density at radius 3 is 2.33 bits per heavy atom. The van der Waals surface area contributed by atoms with E-state index in [1.54, 1.807) is 0 Å². The fourth-order valence-electron chi connectivity index (χ4n) is 2.20. The van der Waals surface area contributed by atoms with Gasteiger partial charge in [-0.15, -0.1) is 0 Å². The molecule has 1 rings (SSSR count). The normalized spacial score (nSPS) is 12.2. The topological polar surface area (TPSA) is 15.3 Å². The molecule has 18 heavy (non-hydrogen) atoms. The van der Waals surface area contributed by atoms with Crippen LogP contribution in [0.5, 0.6) is 0 Å². The van der Waals surface area contributed by atoms with Crippen LogP contribution in [0.1, 0.15) is 38.8 Å². The van der Waals surface area contributed by atoms with E-state index in [1.807, 2.05) is 0 Å². The quantitative estimate of drug-likeness (QED) is 0.737. The highest BCUT2D eigenvalue weighted by Gasteiger charge is 2.08. The molecule has 0 bridgehead atoms. The smallest absolute Gasteiger partial charge is 0.0380 e. The van der Waals surface area contributed by atoms with Crippen LogP contribution in [0.15, 0.2) is 36.4 Å². The molecule has 0 radical (unpaired) electrons. The van der Waals surface area contributed by atoms with Gasteiger partial charge in [-0.1, -0.05) is 38.1 Å². The first-order chi connectivity index (χ1) is 8.58. The van der Waals surface area contributed by atoms with Gasteiger partial charge in [0.1, 0.15) is 0 Å². The van der Waals surface area contributed by atoms with Crippen molar-refractivity contribution in [1.29, 1.82) is 0 Å². The van der Waals surface area contributed by atoms with E-state index in [-0.39, 0.29) is 0 Å². The summed E-state index contributed by atoms with van der Waals surface area (Å²) in [6.07, 6.45) is 1.12. The molecule has 1 unspecified atom stereocenters. The van der Waals surface area contributed by atoms with Crippen LogP contribution < -0.4 is 10.2 Å². The Kier molecular flexibility index (Phi) is 5.93. The van der Waals surface area contributed by atoms with Gasteiger partial charge in [0.15, 0.2) is 0 Å². The van der Waals surface area contributed by atoms with Crippen molar-refractivity contribution in [3.05, 3.63) is 42.0 Å². The Morgan fingerprint density at radius 1 is 1.28 bits per heavy atom. The molecule has 0 aliphatic rings. The summed E-state index contributed by atoms with van der Waals surface area (Å²) in [6, 6.07) is 9.30. The maximum absolute atomic E-state index is 3.95. The van der Waals surface area contributed by atoms with Crippen molar-refractivity contribution in [1.82, 2.24) is 5.32 Å². The maximum Gasteiger partial charge on any atom is 0.0380 e. The summed E-state index contributed by atoms with van der Waals surface area (Å²) in [5, 5.41) is 3.50. The summed E-state index contributed by atoms with van der Waals surface area (Å²) >= 11 is 0. The van der Waals surface area contributed by atoms with E-state index in [0.29, 0.717) is 6.04 Å². The average Bonchev–Trinajstić information content (AvgIpc) is 2.35. The zero-order valence-electron chi connectivity index (χ0n) is 12.2. The lowest BCUT2D eigenvalue weighted by Crippen LogP contribution is -2.21. The third kappa shape index (κ3) is 4.19. The molecular weight excluding hydrogens is 220 g/mol. The van der Waals surface area contributed by atoms with Gasteiger partial charge in [0.05, 0.1) is 0 Å². The van der Waals surface area contributed by atoms with Crippen LogP contribution in [0.25, 0.3) is 0 Å². The molecule has 1 aromatic carbocycles. The first-order valence-corrected chi connectivity index (χ1v) is 6.77. The molecule has 0 saturated heterocycles. The van der Waals surface area contributed by atoms with Crippen molar-refractivity contribution in [2.24, 2.45) is 0 Å². The predicted molar refractivity (Wildman–Crippen MR) is 81.2 cm³/mol. The number of hydrogen-bond donors (Lipinski definition) is 1. The summed E-state index contributed by atoms with van der Waals surface area (Å²) in [7, 11) is 2.10. The average molecular weight is 246 g/mol. The third-order valence-corrected chi connectivity index (χ3v) is 3.10. The lowest BCUT2D eigenvalue weighted by Gasteiger charge is -2.21. The second-order valence-electron chi connectivity index (χ2n) is 4.92. The van der Waals surface area contributed by atoms with Crippen molar-refractivity contribution in [3.8, 4) is 0 Å². The minimum Gasteiger partial charge on any atom is -0.371 e. The number of benzene rings is 1. The molecule has 0 spiro atoms. The van der Waals surface area contributed by atoms with Crippen molar-refractivity contribution in [2.75, 3.05) is 25.0 Å². The minimum atomic E-state index is 0.468. The molecule has 0 aromatic heterocycles. The van der Waals surface area contributed by atoms with E-state index in [9.17, 15) is 0 Å². The first kappa shape index (κ1) is 14.8. The summed E-state index contributed by atoms with van der Waals surface area (Å²) in [4.78, 5) is 2.22. The van der Waals surface area contributed by atoms with E-state index in [1.165, 1.54) is 16.8 Å². The molecule has 0 heterocycles. The molecule has 2 nitrogen and oxygen atoms in total. The Hall–Kier alpha value is -1.28. The molecular formula is C16H26N2. The number of anilines is 1. The SMILES string of the molecule is C=C(C)CN(C)c1ccc(C(CC)NCC)cc1. The Bertz CT molecular complexity index is 367. The van der Waals surface area contributed by atoms with Gasteiger partial charge < -0.3 is 10.2 Å². The van der Waals surface area contributed by atoms with Crippen LogP contribution in [0, 0.1) is 0 Å². The van der Waals surface area contributed by atoms with E-state index in [2.05, 4.69) is 68.9 Å². The lowest BCUT2D eigenvalue weighted by atomic mass is 10.0. The van der Waals surface area contributed by atoms with E-state index in [0.717, 1.165) is 19.5 Å². The standard InChI is InChI=1S/C16H26N2/c1-6-16(17-7-2)14-8-10-15(11-9-14)18(5)12-13(3)4/h8-11,16-17H,3,6-7,12H2,1-2,4-5H3. The summed E-state index contributed by atoms with van der Waals surface area (Å²) in [5.74, 6) is 0. The number of likely N-dealkylation sites (N-methyl/N-ethyl adjacent to an activating group) is 1. The van der Waals surface area contributed by atoms with Crippen LogP contribution in [-0.4, -0.2) is 20.1 Å². The van der Waals surface area contributed by atoms with Crippen molar-refractivity contribution in [3.63, 3.8) is 0 Å². The summed E-state index contributed by atoms with van der Waals surface area (Å²) < 4.78 is 0. The molecule has 0 amide bonds. The maximum atomic E-state index is 3.95. The third-order valence-electron chi connectivity index (χ3n) is 3.10. The van der Waals surface area contributed by atoms with Crippen LogP contribution in [0.3, 0.4) is 0 Å². The number of nitrogens with zero attached hydrogens (tertiary/aromatic N) is 1. The number of hydrogen-bond acceptors (Lipinski definition) is 2. The van der Waals surface area contributed by atoms with Crippen molar-refractivity contribution < 1.29 is 0 Å². The second-order valence-corrected chi connectivity index (χ2v) is 4.92. The Labute approximate surface area is 112 Å². The minimum absolute atomic E-state index is 0.468. The molecule has 0 aliphatic heterocycles. The van der Waals surface area contributed by atoms with Crippen molar-refractivity contribution in [2.45, 2.75) is 33.2 Å². The zero-order valence-corrected chi connectivity index (χ0v) is 12.2. The van der Waals surface area contributed by atoms with E-state index < -0.39 is 0 Å². The molecule has 2 heteroatoms. The van der Waals surface area contributed by atoms with Crippen LogP contribution in [0.2, 0.25) is 0 Å². The highest BCUT2D eigenvalue weighted by Crippen LogP contribution is 2.20. The highest BCUT2D eigenvalue weighted by molar-refractivity contribution is 5.48. The summed E-state index contributed by atoms with van der Waals surface area (Å²) in [6.45, 7) is 12.3. The molecule has 0 aliphatic carbocycles. The van der Waals surface area contributed by atoms with Gasteiger partial charge in [0.2, 0.25) is 0 Å². The largest absolute Gasteiger partial charge is 0.371 e. The van der Waals surface area contributed by atoms with Gasteiger partial charge in [-0.25, -0.2) is 0 Å². The molecule has 1 N–H and O–H groups in total. The lowest BCUT2D eigenvalue weighted by molar-refractivity contribution is 0.537. The first-order valence-electron chi connectivity index (χ1n) is 6.77. The fraction of sp³-hybridized carbons (Fsp3) is 0.500.